The molecule has 6 nitrogen and oxygen atoms in total. The number of amides is 2. The molecule has 6 heteroatoms. The van der Waals surface area contributed by atoms with E-state index in [0.29, 0.717) is 35.0 Å². The molecular formula is C20H22N2O4. The molecule has 3 rings (SSSR count). The second kappa shape index (κ2) is 7.91. The van der Waals surface area contributed by atoms with E-state index in [1.165, 1.54) is 0 Å². The van der Waals surface area contributed by atoms with Crippen molar-refractivity contribution in [3.63, 3.8) is 0 Å². The summed E-state index contributed by atoms with van der Waals surface area (Å²) < 4.78 is 10.7. The van der Waals surface area contributed by atoms with Gasteiger partial charge in [-0.3, -0.25) is 9.59 Å². The van der Waals surface area contributed by atoms with Gasteiger partial charge in [0.15, 0.2) is 6.61 Å². The van der Waals surface area contributed by atoms with Gasteiger partial charge in [-0.15, -0.1) is 0 Å². The van der Waals surface area contributed by atoms with Gasteiger partial charge in [0.1, 0.15) is 11.5 Å². The summed E-state index contributed by atoms with van der Waals surface area (Å²) in [6.45, 7) is 2.77. The SMILES string of the molecule is CCCCN1C(=O)COc2ccc(NC(=O)c3cccc(OC)c3)cc21. The number of rotatable bonds is 6. The number of carbonyl (C=O) groups excluding carboxylic acids is 2. The van der Waals surface area contributed by atoms with Gasteiger partial charge in [0, 0.05) is 17.8 Å². The van der Waals surface area contributed by atoms with Crippen LogP contribution in [0.15, 0.2) is 42.5 Å². The lowest BCUT2D eigenvalue weighted by molar-refractivity contribution is -0.121. The molecule has 26 heavy (non-hydrogen) atoms. The summed E-state index contributed by atoms with van der Waals surface area (Å²) in [4.78, 5) is 26.4. The molecule has 0 saturated carbocycles. The van der Waals surface area contributed by atoms with Gasteiger partial charge in [0.25, 0.3) is 11.8 Å². The summed E-state index contributed by atoms with van der Waals surface area (Å²) >= 11 is 0. The van der Waals surface area contributed by atoms with Gasteiger partial charge in [-0.1, -0.05) is 19.4 Å². The van der Waals surface area contributed by atoms with Crippen LogP contribution in [0.25, 0.3) is 0 Å². The molecular weight excluding hydrogens is 332 g/mol. The molecule has 0 bridgehead atoms. The molecule has 1 heterocycles. The number of methoxy groups -OCH3 is 1. The van der Waals surface area contributed by atoms with Crippen LogP contribution in [-0.2, 0) is 4.79 Å². The first-order valence-corrected chi connectivity index (χ1v) is 8.65. The van der Waals surface area contributed by atoms with Gasteiger partial charge in [-0.2, -0.15) is 0 Å². The van der Waals surface area contributed by atoms with Gasteiger partial charge >= 0.3 is 0 Å². The van der Waals surface area contributed by atoms with Crippen molar-refractivity contribution in [2.45, 2.75) is 19.8 Å². The maximum absolute atomic E-state index is 12.5. The maximum atomic E-state index is 12.5. The van der Waals surface area contributed by atoms with Crippen molar-refractivity contribution >= 4 is 23.2 Å². The van der Waals surface area contributed by atoms with E-state index in [1.54, 1.807) is 54.5 Å². The average Bonchev–Trinajstić information content (AvgIpc) is 2.67. The Hall–Kier alpha value is -3.02. The van der Waals surface area contributed by atoms with Crippen LogP contribution in [0, 0.1) is 0 Å². The highest BCUT2D eigenvalue weighted by molar-refractivity contribution is 6.05. The van der Waals surface area contributed by atoms with Gasteiger partial charge in [-0.25, -0.2) is 0 Å². The van der Waals surface area contributed by atoms with E-state index in [1.807, 2.05) is 0 Å². The van der Waals surface area contributed by atoms with Gasteiger partial charge < -0.3 is 19.7 Å². The zero-order chi connectivity index (χ0) is 18.5. The lowest BCUT2D eigenvalue weighted by Crippen LogP contribution is -2.39. The fourth-order valence-electron chi connectivity index (χ4n) is 2.81. The number of benzene rings is 2. The molecule has 2 aromatic carbocycles. The van der Waals surface area contributed by atoms with E-state index in [0.717, 1.165) is 12.8 Å². The summed E-state index contributed by atoms with van der Waals surface area (Å²) in [5, 5.41) is 2.86. The predicted molar refractivity (Wildman–Crippen MR) is 100 cm³/mol. The molecule has 0 radical (unpaired) electrons. The molecule has 136 valence electrons. The van der Waals surface area contributed by atoms with Crippen molar-refractivity contribution in [1.82, 2.24) is 0 Å². The highest BCUT2D eigenvalue weighted by Crippen LogP contribution is 2.35. The van der Waals surface area contributed by atoms with Crippen LogP contribution in [0.2, 0.25) is 0 Å². The van der Waals surface area contributed by atoms with Crippen molar-refractivity contribution in [1.29, 1.82) is 0 Å². The Morgan fingerprint density at radius 2 is 2.12 bits per heavy atom. The third-order valence-corrected chi connectivity index (χ3v) is 4.23. The van der Waals surface area contributed by atoms with Crippen LogP contribution in [0.1, 0.15) is 30.1 Å². The molecule has 0 fully saturated rings. The molecule has 1 aliphatic heterocycles. The number of nitrogens with zero attached hydrogens (tertiary/aromatic N) is 1. The van der Waals surface area contributed by atoms with Crippen molar-refractivity contribution in [2.24, 2.45) is 0 Å². The predicted octanol–water partition coefficient (Wildman–Crippen LogP) is 3.47. The highest BCUT2D eigenvalue weighted by atomic mass is 16.5. The molecule has 0 saturated heterocycles. The van der Waals surface area contributed by atoms with Crippen molar-refractivity contribution in [2.75, 3.05) is 30.5 Å². The fourth-order valence-corrected chi connectivity index (χ4v) is 2.81. The van der Waals surface area contributed by atoms with Crippen molar-refractivity contribution in [3.05, 3.63) is 48.0 Å². The number of carbonyl (C=O) groups is 2. The van der Waals surface area contributed by atoms with Crippen LogP contribution >= 0.6 is 0 Å². The zero-order valence-electron chi connectivity index (χ0n) is 15.0. The number of ether oxygens (including phenoxy) is 2. The van der Waals surface area contributed by atoms with Gasteiger partial charge in [0.2, 0.25) is 0 Å². The average molecular weight is 354 g/mol. The third kappa shape index (κ3) is 3.79. The molecule has 2 amide bonds. The Morgan fingerprint density at radius 3 is 2.88 bits per heavy atom. The molecule has 0 atom stereocenters. The zero-order valence-corrected chi connectivity index (χ0v) is 15.0. The molecule has 0 spiro atoms. The normalized spacial score (nSPS) is 13.0. The second-order valence-corrected chi connectivity index (χ2v) is 6.06. The van der Waals surface area contributed by atoms with E-state index in [4.69, 9.17) is 9.47 Å². The first-order valence-electron chi connectivity index (χ1n) is 8.65. The quantitative estimate of drug-likeness (QED) is 0.862. The summed E-state index contributed by atoms with van der Waals surface area (Å²) in [5.41, 5.74) is 1.80. The lowest BCUT2D eigenvalue weighted by Gasteiger charge is -2.29. The number of hydrogen-bond donors (Lipinski definition) is 1. The number of hydrogen-bond acceptors (Lipinski definition) is 4. The Morgan fingerprint density at radius 1 is 1.27 bits per heavy atom. The standard InChI is InChI=1S/C20H22N2O4/c1-3-4-10-22-17-12-15(8-9-18(17)26-13-19(22)23)21-20(24)14-6-5-7-16(11-14)25-2/h5-9,11-12H,3-4,10,13H2,1-2H3,(H,21,24). The van der Waals surface area contributed by atoms with Crippen LogP contribution < -0.4 is 19.7 Å². The second-order valence-electron chi connectivity index (χ2n) is 6.06. The van der Waals surface area contributed by atoms with E-state index in [-0.39, 0.29) is 18.4 Å². The van der Waals surface area contributed by atoms with Crippen molar-refractivity contribution < 1.29 is 19.1 Å². The number of nitrogens with one attached hydrogen (secondary N) is 1. The van der Waals surface area contributed by atoms with E-state index < -0.39 is 0 Å². The highest BCUT2D eigenvalue weighted by Gasteiger charge is 2.25. The van der Waals surface area contributed by atoms with Crippen LogP contribution in [0.5, 0.6) is 11.5 Å². The molecule has 1 N–H and O–H groups in total. The monoisotopic (exact) mass is 354 g/mol. The van der Waals surface area contributed by atoms with Gasteiger partial charge in [0.05, 0.1) is 12.8 Å². The van der Waals surface area contributed by atoms with E-state index in [2.05, 4.69) is 12.2 Å². The minimum Gasteiger partial charge on any atom is -0.497 e. The number of anilines is 2. The molecule has 0 unspecified atom stereocenters. The summed E-state index contributed by atoms with van der Waals surface area (Å²) in [6, 6.07) is 12.3. The number of fused-ring (bicyclic) bond motifs is 1. The summed E-state index contributed by atoms with van der Waals surface area (Å²) in [5.74, 6) is 0.960. The van der Waals surface area contributed by atoms with E-state index >= 15 is 0 Å². The fraction of sp³-hybridized carbons (Fsp3) is 0.300. The first-order chi connectivity index (χ1) is 12.6. The molecule has 0 aromatic heterocycles. The Bertz CT molecular complexity index is 819. The summed E-state index contributed by atoms with van der Waals surface area (Å²) in [6.07, 6.45) is 1.90. The Kier molecular flexibility index (Phi) is 5.41. The summed E-state index contributed by atoms with van der Waals surface area (Å²) in [7, 11) is 1.56. The van der Waals surface area contributed by atoms with Crippen LogP contribution in [-0.4, -0.2) is 32.1 Å². The number of unbranched alkanes of at least 4 members (excludes halogenated alkanes) is 1. The minimum atomic E-state index is -0.244. The van der Waals surface area contributed by atoms with Crippen LogP contribution in [0.3, 0.4) is 0 Å². The van der Waals surface area contributed by atoms with Crippen LogP contribution in [0.4, 0.5) is 11.4 Å². The van der Waals surface area contributed by atoms with E-state index in [9.17, 15) is 9.59 Å². The van der Waals surface area contributed by atoms with Crippen molar-refractivity contribution in [3.8, 4) is 11.5 Å². The topological polar surface area (TPSA) is 67.9 Å². The molecule has 1 aliphatic rings. The Balaban J connectivity index is 1.82. The lowest BCUT2D eigenvalue weighted by atomic mass is 10.1. The maximum Gasteiger partial charge on any atom is 0.265 e. The largest absolute Gasteiger partial charge is 0.497 e. The first kappa shape index (κ1) is 17.8. The Labute approximate surface area is 152 Å². The third-order valence-electron chi connectivity index (χ3n) is 4.23. The molecule has 0 aliphatic carbocycles. The molecule has 2 aromatic rings. The minimum absolute atomic E-state index is 0.0478. The van der Waals surface area contributed by atoms with Gasteiger partial charge in [-0.05, 0) is 42.8 Å². The smallest absolute Gasteiger partial charge is 0.265 e.